The van der Waals surface area contributed by atoms with Crippen molar-refractivity contribution in [3.05, 3.63) is 47.8 Å². The molecule has 0 bridgehead atoms. The summed E-state index contributed by atoms with van der Waals surface area (Å²) in [7, 11) is 1.65. The van der Waals surface area contributed by atoms with Crippen LogP contribution in [0.5, 0.6) is 5.75 Å². The highest BCUT2D eigenvalue weighted by Crippen LogP contribution is 2.31. The van der Waals surface area contributed by atoms with E-state index in [2.05, 4.69) is 10.2 Å². The standard InChI is InChI=1S/C15H17N3O2/c1-20-14-5-3-2-4-11(14)10-18(13-6-7-13)15(19)12-8-16-17-9-12/h2-5,8-9,13H,6-7,10H2,1H3,(H,16,17). The van der Waals surface area contributed by atoms with Crippen LogP contribution in [0.2, 0.25) is 0 Å². The number of methoxy groups -OCH3 is 1. The Kier molecular flexibility index (Phi) is 3.41. The van der Waals surface area contributed by atoms with E-state index in [9.17, 15) is 4.79 Å². The highest BCUT2D eigenvalue weighted by Gasteiger charge is 2.33. The van der Waals surface area contributed by atoms with Crippen molar-refractivity contribution in [1.29, 1.82) is 0 Å². The van der Waals surface area contributed by atoms with Gasteiger partial charge in [0.2, 0.25) is 0 Å². The number of hydrogen-bond donors (Lipinski definition) is 1. The molecular weight excluding hydrogens is 254 g/mol. The molecule has 3 rings (SSSR count). The minimum atomic E-state index is 0.0205. The molecule has 0 saturated heterocycles. The van der Waals surface area contributed by atoms with E-state index in [1.165, 1.54) is 0 Å². The quantitative estimate of drug-likeness (QED) is 0.907. The summed E-state index contributed by atoms with van der Waals surface area (Å²) in [5, 5.41) is 6.54. The van der Waals surface area contributed by atoms with Crippen LogP contribution in [0, 0.1) is 0 Å². The number of ether oxygens (including phenoxy) is 1. The maximum absolute atomic E-state index is 12.5. The molecule has 1 aliphatic rings. The van der Waals surface area contributed by atoms with E-state index in [0.29, 0.717) is 18.2 Å². The summed E-state index contributed by atoms with van der Waals surface area (Å²) in [6, 6.07) is 8.15. The Morgan fingerprint density at radius 1 is 1.45 bits per heavy atom. The van der Waals surface area contributed by atoms with E-state index < -0.39 is 0 Å². The molecule has 2 aromatic rings. The van der Waals surface area contributed by atoms with Gasteiger partial charge in [-0.25, -0.2) is 0 Å². The number of H-pyrrole nitrogens is 1. The fourth-order valence-electron chi connectivity index (χ4n) is 2.30. The molecule has 1 amide bonds. The van der Waals surface area contributed by atoms with Crippen LogP contribution < -0.4 is 4.74 Å². The topological polar surface area (TPSA) is 58.2 Å². The number of rotatable bonds is 5. The molecular formula is C15H17N3O2. The van der Waals surface area contributed by atoms with Crippen molar-refractivity contribution in [2.75, 3.05) is 7.11 Å². The van der Waals surface area contributed by atoms with Gasteiger partial charge in [0.15, 0.2) is 0 Å². The Morgan fingerprint density at radius 2 is 2.25 bits per heavy atom. The van der Waals surface area contributed by atoms with Crippen molar-refractivity contribution in [2.45, 2.75) is 25.4 Å². The van der Waals surface area contributed by atoms with Gasteiger partial charge in [0.25, 0.3) is 5.91 Å². The maximum Gasteiger partial charge on any atom is 0.257 e. The second kappa shape index (κ2) is 5.36. The third-order valence-electron chi connectivity index (χ3n) is 3.53. The number of para-hydroxylation sites is 1. The van der Waals surface area contributed by atoms with Gasteiger partial charge in [0.1, 0.15) is 5.75 Å². The molecule has 0 aliphatic heterocycles. The van der Waals surface area contributed by atoms with E-state index in [-0.39, 0.29) is 5.91 Å². The molecule has 1 saturated carbocycles. The first kappa shape index (κ1) is 12.7. The van der Waals surface area contributed by atoms with Gasteiger partial charge in [-0.2, -0.15) is 5.10 Å². The Hall–Kier alpha value is -2.30. The van der Waals surface area contributed by atoms with Crippen molar-refractivity contribution in [1.82, 2.24) is 15.1 Å². The molecule has 1 fully saturated rings. The summed E-state index contributed by atoms with van der Waals surface area (Å²) in [5.41, 5.74) is 1.63. The number of carbonyl (C=O) groups excluding carboxylic acids is 1. The molecule has 5 nitrogen and oxygen atoms in total. The molecule has 1 aliphatic carbocycles. The first-order chi connectivity index (χ1) is 9.79. The maximum atomic E-state index is 12.5. The first-order valence-electron chi connectivity index (χ1n) is 6.71. The SMILES string of the molecule is COc1ccccc1CN(C(=O)c1cn[nH]c1)C1CC1. The van der Waals surface area contributed by atoms with Crippen LogP contribution in [-0.2, 0) is 6.54 Å². The molecule has 0 unspecified atom stereocenters. The third kappa shape index (κ3) is 2.52. The zero-order valence-corrected chi connectivity index (χ0v) is 11.4. The number of aromatic amines is 1. The van der Waals surface area contributed by atoms with E-state index in [1.807, 2.05) is 29.2 Å². The van der Waals surface area contributed by atoms with Gasteiger partial charge in [0.05, 0.1) is 18.9 Å². The highest BCUT2D eigenvalue weighted by molar-refractivity contribution is 5.94. The summed E-state index contributed by atoms with van der Waals surface area (Å²) in [6.45, 7) is 0.568. The average Bonchev–Trinajstić information content (AvgIpc) is 3.17. The largest absolute Gasteiger partial charge is 0.496 e. The van der Waals surface area contributed by atoms with Crippen molar-refractivity contribution >= 4 is 5.91 Å². The molecule has 5 heteroatoms. The second-order valence-corrected chi connectivity index (χ2v) is 4.96. The van der Waals surface area contributed by atoms with Crippen LogP contribution in [0.1, 0.15) is 28.8 Å². The van der Waals surface area contributed by atoms with Gasteiger partial charge in [-0.1, -0.05) is 18.2 Å². The molecule has 1 heterocycles. The Balaban J connectivity index is 1.83. The Bertz CT molecular complexity index is 591. The summed E-state index contributed by atoms with van der Waals surface area (Å²) in [5.74, 6) is 0.838. The lowest BCUT2D eigenvalue weighted by molar-refractivity contribution is 0.0729. The molecule has 0 spiro atoms. The smallest absolute Gasteiger partial charge is 0.257 e. The predicted octanol–water partition coefficient (Wildman–Crippen LogP) is 2.22. The molecule has 0 atom stereocenters. The summed E-state index contributed by atoms with van der Waals surface area (Å²) >= 11 is 0. The van der Waals surface area contributed by atoms with Crippen LogP contribution in [0.15, 0.2) is 36.7 Å². The molecule has 1 aromatic heterocycles. The van der Waals surface area contributed by atoms with Crippen LogP contribution in [-0.4, -0.2) is 34.2 Å². The predicted molar refractivity (Wildman–Crippen MR) is 74.5 cm³/mol. The van der Waals surface area contributed by atoms with Crippen LogP contribution in [0.3, 0.4) is 0 Å². The fourth-order valence-corrected chi connectivity index (χ4v) is 2.30. The van der Waals surface area contributed by atoms with Crippen LogP contribution in [0.4, 0.5) is 0 Å². The number of benzene rings is 1. The van der Waals surface area contributed by atoms with E-state index in [1.54, 1.807) is 19.5 Å². The lowest BCUT2D eigenvalue weighted by Crippen LogP contribution is -2.32. The lowest BCUT2D eigenvalue weighted by atomic mass is 10.1. The van der Waals surface area contributed by atoms with Gasteiger partial charge in [-0.05, 0) is 18.9 Å². The van der Waals surface area contributed by atoms with Crippen molar-refractivity contribution in [3.8, 4) is 5.75 Å². The van der Waals surface area contributed by atoms with E-state index in [4.69, 9.17) is 4.74 Å². The van der Waals surface area contributed by atoms with Gasteiger partial charge in [0, 0.05) is 24.3 Å². The molecule has 104 valence electrons. The number of carbonyl (C=O) groups is 1. The second-order valence-electron chi connectivity index (χ2n) is 4.96. The van der Waals surface area contributed by atoms with E-state index >= 15 is 0 Å². The van der Waals surface area contributed by atoms with Crippen molar-refractivity contribution in [2.24, 2.45) is 0 Å². The van der Waals surface area contributed by atoms with Crippen molar-refractivity contribution in [3.63, 3.8) is 0 Å². The monoisotopic (exact) mass is 271 g/mol. The molecule has 1 aromatic carbocycles. The highest BCUT2D eigenvalue weighted by atomic mass is 16.5. The molecule has 20 heavy (non-hydrogen) atoms. The minimum Gasteiger partial charge on any atom is -0.496 e. The zero-order chi connectivity index (χ0) is 13.9. The van der Waals surface area contributed by atoms with Crippen LogP contribution >= 0.6 is 0 Å². The number of amides is 1. The van der Waals surface area contributed by atoms with Crippen LogP contribution in [0.25, 0.3) is 0 Å². The first-order valence-corrected chi connectivity index (χ1v) is 6.71. The number of nitrogens with one attached hydrogen (secondary N) is 1. The Morgan fingerprint density at radius 3 is 2.90 bits per heavy atom. The van der Waals surface area contributed by atoms with Gasteiger partial charge >= 0.3 is 0 Å². The fraction of sp³-hybridized carbons (Fsp3) is 0.333. The zero-order valence-electron chi connectivity index (χ0n) is 11.4. The summed E-state index contributed by atoms with van der Waals surface area (Å²) < 4.78 is 5.36. The summed E-state index contributed by atoms with van der Waals surface area (Å²) in [4.78, 5) is 14.4. The Labute approximate surface area is 117 Å². The molecule has 1 N–H and O–H groups in total. The average molecular weight is 271 g/mol. The van der Waals surface area contributed by atoms with Gasteiger partial charge < -0.3 is 9.64 Å². The van der Waals surface area contributed by atoms with Gasteiger partial charge in [-0.3, -0.25) is 9.89 Å². The summed E-state index contributed by atoms with van der Waals surface area (Å²) in [6.07, 6.45) is 5.34. The number of hydrogen-bond acceptors (Lipinski definition) is 3. The normalized spacial score (nSPS) is 14.1. The molecule has 0 radical (unpaired) electrons. The third-order valence-corrected chi connectivity index (χ3v) is 3.53. The van der Waals surface area contributed by atoms with Gasteiger partial charge in [-0.15, -0.1) is 0 Å². The lowest BCUT2D eigenvalue weighted by Gasteiger charge is -2.23. The van der Waals surface area contributed by atoms with Crippen molar-refractivity contribution < 1.29 is 9.53 Å². The minimum absolute atomic E-state index is 0.0205. The number of nitrogens with zero attached hydrogens (tertiary/aromatic N) is 2. The van der Waals surface area contributed by atoms with E-state index in [0.717, 1.165) is 24.2 Å². The number of aromatic nitrogens is 2.